The standard InChI is InChI=1S/C6H11.C3H5.U/c1-3-5-6-4-2;1-3-2;/h1,4-6H2,2H3;1H2,2H3;/q2*-1;+2. The minimum Gasteiger partial charge on any atom is -0.507 e. The van der Waals surface area contributed by atoms with Crippen molar-refractivity contribution in [2.75, 3.05) is 0 Å². The number of allylic oxidation sites excluding steroid dienone is 2. The van der Waals surface area contributed by atoms with Crippen LogP contribution in [0.15, 0.2) is 13.2 Å². The van der Waals surface area contributed by atoms with Crippen LogP contribution < -0.4 is 0 Å². The van der Waals surface area contributed by atoms with Crippen LogP contribution >= 0.6 is 0 Å². The summed E-state index contributed by atoms with van der Waals surface area (Å²) in [6.45, 7) is 10.6. The summed E-state index contributed by atoms with van der Waals surface area (Å²) in [6.07, 6.45) is 8.86. The molecule has 0 fully saturated rings. The Hall–Kier alpha value is 0.532. The molecule has 0 N–H and O–H groups in total. The molecule has 0 unspecified atom stereocenters. The van der Waals surface area contributed by atoms with Gasteiger partial charge in [-0.3, -0.25) is 13.2 Å². The van der Waals surface area contributed by atoms with Gasteiger partial charge in [0.2, 0.25) is 0 Å². The molecule has 0 rings (SSSR count). The van der Waals surface area contributed by atoms with Crippen molar-refractivity contribution >= 4 is 0 Å². The van der Waals surface area contributed by atoms with Crippen molar-refractivity contribution in [2.45, 2.75) is 33.1 Å². The van der Waals surface area contributed by atoms with Crippen LogP contribution in [0.3, 0.4) is 0 Å². The Morgan fingerprint density at radius 2 is 1.70 bits per heavy atom. The summed E-state index contributed by atoms with van der Waals surface area (Å²) in [6, 6.07) is 0. The zero-order chi connectivity index (χ0) is 7.54. The number of rotatable bonds is 3. The van der Waals surface area contributed by atoms with Crippen molar-refractivity contribution in [1.29, 1.82) is 0 Å². The molecule has 0 aliphatic heterocycles. The van der Waals surface area contributed by atoms with E-state index in [1.807, 2.05) is 0 Å². The van der Waals surface area contributed by atoms with Crippen LogP contribution in [0.1, 0.15) is 33.1 Å². The van der Waals surface area contributed by atoms with Crippen LogP contribution in [0.2, 0.25) is 0 Å². The molecule has 0 aliphatic carbocycles. The molecule has 0 aromatic heterocycles. The van der Waals surface area contributed by atoms with Crippen LogP contribution in [0.4, 0.5) is 0 Å². The van der Waals surface area contributed by atoms with Gasteiger partial charge in [0.25, 0.3) is 0 Å². The van der Waals surface area contributed by atoms with Gasteiger partial charge in [-0.25, -0.2) is 0 Å². The molecule has 56 valence electrons. The minimum atomic E-state index is 0. The van der Waals surface area contributed by atoms with Crippen molar-refractivity contribution in [3.8, 4) is 0 Å². The first-order chi connectivity index (χ1) is 4.33. The van der Waals surface area contributed by atoms with Gasteiger partial charge >= 0.3 is 31.1 Å². The molecule has 0 nitrogen and oxygen atoms in total. The monoisotopic (exact) mass is 362 g/mol. The summed E-state index contributed by atoms with van der Waals surface area (Å²) in [4.78, 5) is 0. The van der Waals surface area contributed by atoms with Gasteiger partial charge in [-0.15, -0.1) is 0 Å². The Balaban J connectivity index is -0.000000107. The topological polar surface area (TPSA) is 0 Å². The summed E-state index contributed by atoms with van der Waals surface area (Å²) in [7, 11) is 0. The molecule has 0 aromatic carbocycles. The maximum atomic E-state index is 3.47. The Kier molecular flexibility index (Phi) is 38.2. The summed E-state index contributed by atoms with van der Waals surface area (Å²) in [5.74, 6) is 0. The zero-order valence-electron chi connectivity index (χ0n) is 7.04. The van der Waals surface area contributed by atoms with Crippen LogP contribution in [0.5, 0.6) is 0 Å². The van der Waals surface area contributed by atoms with Gasteiger partial charge in [0.05, 0.1) is 0 Å². The molecule has 0 amide bonds. The fourth-order valence-electron chi connectivity index (χ4n) is 0.302. The molecule has 0 bridgehead atoms. The average molecular weight is 362 g/mol. The molecule has 1 heteroatoms. The third kappa shape index (κ3) is 38.8. The van der Waals surface area contributed by atoms with Crippen LogP contribution in [0, 0.1) is 43.3 Å². The van der Waals surface area contributed by atoms with E-state index in [-0.39, 0.29) is 31.1 Å². The van der Waals surface area contributed by atoms with Crippen molar-refractivity contribution in [3.05, 3.63) is 25.3 Å². The maximum Gasteiger partial charge on any atom is 2.00 e. The van der Waals surface area contributed by atoms with Gasteiger partial charge in [-0.1, -0.05) is 19.8 Å². The van der Waals surface area contributed by atoms with Gasteiger partial charge in [0, 0.05) is 0 Å². The summed E-state index contributed by atoms with van der Waals surface area (Å²) in [5.41, 5.74) is 0. The number of hydrogen-bond acceptors (Lipinski definition) is 0. The third-order valence-corrected chi connectivity index (χ3v) is 0.707. The van der Waals surface area contributed by atoms with Crippen molar-refractivity contribution < 1.29 is 31.1 Å². The summed E-state index contributed by atoms with van der Waals surface area (Å²) >= 11 is 0. The van der Waals surface area contributed by atoms with Crippen molar-refractivity contribution in [2.24, 2.45) is 0 Å². The molecule has 0 radical (unpaired) electrons. The Morgan fingerprint density at radius 3 is 1.80 bits per heavy atom. The van der Waals surface area contributed by atoms with Gasteiger partial charge in [-0.05, 0) is 0 Å². The summed E-state index contributed by atoms with van der Waals surface area (Å²) in [5, 5.41) is 0. The van der Waals surface area contributed by atoms with E-state index in [9.17, 15) is 0 Å². The molecule has 0 spiro atoms. The smallest absolute Gasteiger partial charge is 0.507 e. The van der Waals surface area contributed by atoms with E-state index in [1.165, 1.54) is 12.8 Å². The predicted octanol–water partition coefficient (Wildman–Crippen LogP) is 3.16. The van der Waals surface area contributed by atoms with E-state index in [4.69, 9.17) is 0 Å². The maximum absolute atomic E-state index is 3.47. The van der Waals surface area contributed by atoms with Crippen LogP contribution in [0.25, 0.3) is 0 Å². The normalized spacial score (nSPS) is 6.20. The molecule has 0 aliphatic rings. The molecular weight excluding hydrogens is 346 g/mol. The molecule has 0 saturated carbocycles. The Bertz CT molecular complexity index is 57.7. The SMILES string of the molecule is C=[C-]C.C=[C-]CCCC.[U+2]. The van der Waals surface area contributed by atoms with Gasteiger partial charge < -0.3 is 12.2 Å². The molecule has 0 aromatic rings. The average Bonchev–Trinajstić information content (AvgIpc) is 1.86. The molecule has 0 atom stereocenters. The third-order valence-electron chi connectivity index (χ3n) is 0.707. The second-order valence-corrected chi connectivity index (χ2v) is 1.71. The largest absolute Gasteiger partial charge is 2.00 e. The van der Waals surface area contributed by atoms with Crippen molar-refractivity contribution in [1.82, 2.24) is 0 Å². The number of hydrogen-bond donors (Lipinski definition) is 0. The van der Waals surface area contributed by atoms with Gasteiger partial charge in [0.15, 0.2) is 0 Å². The van der Waals surface area contributed by atoms with Crippen molar-refractivity contribution in [3.63, 3.8) is 0 Å². The van der Waals surface area contributed by atoms with E-state index in [1.54, 1.807) is 6.92 Å². The van der Waals surface area contributed by atoms with Crippen LogP contribution in [-0.4, -0.2) is 0 Å². The van der Waals surface area contributed by atoms with E-state index in [2.05, 4.69) is 32.2 Å². The van der Waals surface area contributed by atoms with Gasteiger partial charge in [0.1, 0.15) is 0 Å². The molecular formula is C9H16U. The first-order valence-electron chi connectivity index (χ1n) is 3.27. The predicted molar refractivity (Wildman–Crippen MR) is 42.9 cm³/mol. The van der Waals surface area contributed by atoms with E-state index in [0.717, 1.165) is 6.42 Å². The Morgan fingerprint density at radius 1 is 1.30 bits per heavy atom. The first-order valence-corrected chi connectivity index (χ1v) is 3.27. The second-order valence-electron chi connectivity index (χ2n) is 1.71. The number of unbranched alkanes of at least 4 members (excludes halogenated alkanes) is 2. The molecule has 0 heterocycles. The van der Waals surface area contributed by atoms with Crippen LogP contribution in [-0.2, 0) is 0 Å². The second kappa shape index (κ2) is 22.7. The summed E-state index contributed by atoms with van der Waals surface area (Å²) < 4.78 is 0. The molecule has 0 saturated heterocycles. The minimum absolute atomic E-state index is 0. The fourth-order valence-corrected chi connectivity index (χ4v) is 0.302. The van der Waals surface area contributed by atoms with E-state index < -0.39 is 0 Å². The zero-order valence-corrected chi connectivity index (χ0v) is 11.2. The van der Waals surface area contributed by atoms with Gasteiger partial charge in [-0.2, -0.15) is 13.3 Å². The van der Waals surface area contributed by atoms with E-state index in [0.29, 0.717) is 0 Å². The Labute approximate surface area is 89.2 Å². The van der Waals surface area contributed by atoms with E-state index >= 15 is 0 Å². The molecule has 10 heavy (non-hydrogen) atoms. The fraction of sp³-hybridized carbons (Fsp3) is 0.556. The first kappa shape index (κ1) is 16.9. The quantitative estimate of drug-likeness (QED) is 0.535.